The van der Waals surface area contributed by atoms with Gasteiger partial charge in [0, 0.05) is 31.2 Å². The van der Waals surface area contributed by atoms with Gasteiger partial charge in [0.15, 0.2) is 0 Å². The number of nitrogens with two attached hydrogens (primary N) is 1. The number of hydrogen-bond donors (Lipinski definition) is 1. The Bertz CT molecular complexity index is 435. The maximum absolute atomic E-state index is 14.2. The molecule has 3 atom stereocenters. The fourth-order valence-corrected chi connectivity index (χ4v) is 2.66. The summed E-state index contributed by atoms with van der Waals surface area (Å²) in [6, 6.07) is 6.07. The van der Waals surface area contributed by atoms with Crippen LogP contribution < -0.4 is 10.6 Å². The van der Waals surface area contributed by atoms with Crippen molar-refractivity contribution in [1.82, 2.24) is 4.90 Å². The molecule has 1 heterocycles. The summed E-state index contributed by atoms with van der Waals surface area (Å²) in [5, 5.41) is 0. The Labute approximate surface area is 115 Å². The average molecular weight is 265 g/mol. The van der Waals surface area contributed by atoms with E-state index < -0.39 is 0 Å². The van der Waals surface area contributed by atoms with Crippen molar-refractivity contribution in [3.05, 3.63) is 29.6 Å². The maximum Gasteiger partial charge on any atom is 0.146 e. The molecule has 1 aromatic carbocycles. The van der Waals surface area contributed by atoms with Gasteiger partial charge in [0.05, 0.1) is 5.69 Å². The number of piperazine rings is 1. The summed E-state index contributed by atoms with van der Waals surface area (Å²) in [4.78, 5) is 4.47. The van der Waals surface area contributed by atoms with Crippen LogP contribution in [0.5, 0.6) is 0 Å². The predicted molar refractivity (Wildman–Crippen MR) is 77.9 cm³/mol. The molecule has 2 rings (SSSR count). The van der Waals surface area contributed by atoms with Crippen molar-refractivity contribution in [3.8, 4) is 0 Å². The molecule has 0 radical (unpaired) electrons. The van der Waals surface area contributed by atoms with E-state index >= 15 is 0 Å². The summed E-state index contributed by atoms with van der Waals surface area (Å²) in [6.45, 7) is 7.94. The van der Waals surface area contributed by atoms with Crippen LogP contribution in [0.4, 0.5) is 10.1 Å². The minimum atomic E-state index is -0.168. The Morgan fingerprint density at radius 3 is 2.32 bits per heavy atom. The van der Waals surface area contributed by atoms with Crippen LogP contribution in [0.1, 0.15) is 32.4 Å². The molecule has 0 saturated carbocycles. The van der Waals surface area contributed by atoms with E-state index in [-0.39, 0.29) is 11.9 Å². The number of nitrogens with zero attached hydrogens (tertiary/aromatic N) is 2. The highest BCUT2D eigenvalue weighted by Crippen LogP contribution is 2.26. The first-order valence-electron chi connectivity index (χ1n) is 6.92. The normalized spacial score (nSPS) is 26.5. The minimum absolute atomic E-state index is 0.131. The molecule has 19 heavy (non-hydrogen) atoms. The maximum atomic E-state index is 14.2. The van der Waals surface area contributed by atoms with E-state index in [0.717, 1.165) is 18.7 Å². The van der Waals surface area contributed by atoms with Gasteiger partial charge in [0.1, 0.15) is 5.82 Å². The van der Waals surface area contributed by atoms with Crippen LogP contribution in [0.2, 0.25) is 0 Å². The summed E-state index contributed by atoms with van der Waals surface area (Å²) in [5.41, 5.74) is 7.32. The predicted octanol–water partition coefficient (Wildman–Crippen LogP) is 2.37. The van der Waals surface area contributed by atoms with Gasteiger partial charge in [0.2, 0.25) is 0 Å². The van der Waals surface area contributed by atoms with Gasteiger partial charge in [0.25, 0.3) is 0 Å². The minimum Gasteiger partial charge on any atom is -0.366 e. The van der Waals surface area contributed by atoms with Gasteiger partial charge >= 0.3 is 0 Å². The lowest BCUT2D eigenvalue weighted by Crippen LogP contribution is -2.55. The van der Waals surface area contributed by atoms with Gasteiger partial charge in [-0.1, -0.05) is 6.07 Å². The second-order valence-electron chi connectivity index (χ2n) is 5.77. The molecule has 1 aliphatic heterocycles. The van der Waals surface area contributed by atoms with E-state index in [4.69, 9.17) is 5.73 Å². The van der Waals surface area contributed by atoms with Crippen LogP contribution in [0.15, 0.2) is 18.2 Å². The fourth-order valence-electron chi connectivity index (χ4n) is 2.66. The van der Waals surface area contributed by atoms with Gasteiger partial charge in [-0.25, -0.2) is 4.39 Å². The smallest absolute Gasteiger partial charge is 0.146 e. The SMILES string of the molecule is CC1CN(c2ccc([C@@H](C)N)cc2F)CC(C)N1C. The van der Waals surface area contributed by atoms with E-state index in [1.54, 1.807) is 6.07 Å². The van der Waals surface area contributed by atoms with Crippen LogP contribution >= 0.6 is 0 Å². The van der Waals surface area contributed by atoms with Crippen molar-refractivity contribution in [2.75, 3.05) is 25.0 Å². The molecule has 1 aromatic rings. The Balaban J connectivity index is 2.23. The lowest BCUT2D eigenvalue weighted by molar-refractivity contribution is 0.169. The third-order valence-electron chi connectivity index (χ3n) is 4.20. The first-order chi connectivity index (χ1) is 8.90. The van der Waals surface area contributed by atoms with Gasteiger partial charge in [-0.15, -0.1) is 0 Å². The molecular weight excluding hydrogens is 241 g/mol. The van der Waals surface area contributed by atoms with Crippen molar-refractivity contribution < 1.29 is 4.39 Å². The summed E-state index contributed by atoms with van der Waals surface area (Å²) < 4.78 is 14.2. The van der Waals surface area contributed by atoms with Crippen LogP contribution in [-0.2, 0) is 0 Å². The molecule has 3 nitrogen and oxygen atoms in total. The number of halogens is 1. The number of benzene rings is 1. The quantitative estimate of drug-likeness (QED) is 0.891. The lowest BCUT2D eigenvalue weighted by Gasteiger charge is -2.43. The van der Waals surface area contributed by atoms with Crippen molar-refractivity contribution in [3.63, 3.8) is 0 Å². The molecule has 0 bridgehead atoms. The third kappa shape index (κ3) is 2.90. The number of likely N-dealkylation sites (N-methyl/N-ethyl adjacent to an activating group) is 1. The summed E-state index contributed by atoms with van der Waals surface area (Å²) in [7, 11) is 2.13. The molecule has 2 N–H and O–H groups in total. The van der Waals surface area contributed by atoms with E-state index in [0.29, 0.717) is 17.8 Å². The zero-order valence-electron chi connectivity index (χ0n) is 12.2. The second kappa shape index (κ2) is 5.47. The first kappa shape index (κ1) is 14.3. The van der Waals surface area contributed by atoms with E-state index in [9.17, 15) is 4.39 Å². The summed E-state index contributed by atoms with van der Waals surface area (Å²) in [6.07, 6.45) is 0. The topological polar surface area (TPSA) is 32.5 Å². The molecule has 1 saturated heterocycles. The molecule has 0 aliphatic carbocycles. The van der Waals surface area contributed by atoms with Gasteiger partial charge in [-0.3, -0.25) is 4.90 Å². The largest absolute Gasteiger partial charge is 0.366 e. The lowest BCUT2D eigenvalue weighted by atomic mass is 10.1. The Hall–Kier alpha value is -1.13. The Morgan fingerprint density at radius 1 is 1.26 bits per heavy atom. The van der Waals surface area contributed by atoms with Crippen LogP contribution in [0.25, 0.3) is 0 Å². The standard InChI is InChI=1S/C15H24FN3/c1-10-8-19(9-11(2)18(10)4)15-6-5-13(12(3)17)7-14(15)16/h5-7,10-12H,8-9,17H2,1-4H3/t10?,11?,12-/m1/s1. The van der Waals surface area contributed by atoms with Gasteiger partial charge in [-0.2, -0.15) is 0 Å². The molecule has 0 amide bonds. The second-order valence-corrected chi connectivity index (χ2v) is 5.77. The monoisotopic (exact) mass is 265 g/mol. The number of anilines is 1. The molecule has 2 unspecified atom stereocenters. The molecule has 4 heteroatoms. The highest BCUT2D eigenvalue weighted by atomic mass is 19.1. The zero-order chi connectivity index (χ0) is 14.2. The molecule has 0 aromatic heterocycles. The average Bonchev–Trinajstić information content (AvgIpc) is 2.35. The van der Waals surface area contributed by atoms with Crippen molar-refractivity contribution in [2.24, 2.45) is 5.73 Å². The van der Waals surface area contributed by atoms with Crippen LogP contribution in [0.3, 0.4) is 0 Å². The fraction of sp³-hybridized carbons (Fsp3) is 0.600. The van der Waals surface area contributed by atoms with E-state index in [1.165, 1.54) is 0 Å². The van der Waals surface area contributed by atoms with Crippen LogP contribution in [0, 0.1) is 5.82 Å². The first-order valence-corrected chi connectivity index (χ1v) is 6.92. The summed E-state index contributed by atoms with van der Waals surface area (Å²) in [5.74, 6) is -0.168. The third-order valence-corrected chi connectivity index (χ3v) is 4.20. The van der Waals surface area contributed by atoms with Gasteiger partial charge < -0.3 is 10.6 Å². The van der Waals surface area contributed by atoms with Crippen molar-refractivity contribution >= 4 is 5.69 Å². The molecule has 0 spiro atoms. The Kier molecular flexibility index (Phi) is 4.11. The highest BCUT2D eigenvalue weighted by Gasteiger charge is 2.27. The molecule has 1 aliphatic rings. The van der Waals surface area contributed by atoms with Crippen molar-refractivity contribution in [1.29, 1.82) is 0 Å². The van der Waals surface area contributed by atoms with Crippen LogP contribution in [-0.4, -0.2) is 37.1 Å². The molecule has 1 fully saturated rings. The zero-order valence-corrected chi connectivity index (χ0v) is 12.2. The van der Waals surface area contributed by atoms with E-state index in [1.807, 2.05) is 19.1 Å². The van der Waals surface area contributed by atoms with Gasteiger partial charge in [-0.05, 0) is 45.5 Å². The summed E-state index contributed by atoms with van der Waals surface area (Å²) >= 11 is 0. The highest BCUT2D eigenvalue weighted by molar-refractivity contribution is 5.50. The van der Waals surface area contributed by atoms with E-state index in [2.05, 4.69) is 30.7 Å². The van der Waals surface area contributed by atoms with Crippen molar-refractivity contribution in [2.45, 2.75) is 38.9 Å². The molecule has 106 valence electrons. The number of hydrogen-bond acceptors (Lipinski definition) is 3. The number of rotatable bonds is 2. The molecular formula is C15H24FN3. The Morgan fingerprint density at radius 2 is 1.84 bits per heavy atom.